The average Bonchev–Trinajstić information content (AvgIpc) is 2.72. The van der Waals surface area contributed by atoms with E-state index >= 15 is 0 Å². The lowest BCUT2D eigenvalue weighted by Gasteiger charge is -2.38. The Balaban J connectivity index is 0.00000450. The Morgan fingerprint density at radius 3 is 2.60 bits per heavy atom. The Morgan fingerprint density at radius 1 is 1.23 bits per heavy atom. The van der Waals surface area contributed by atoms with Crippen LogP contribution in [0.4, 0.5) is 0 Å². The van der Waals surface area contributed by atoms with Gasteiger partial charge in [-0.25, -0.2) is 0 Å². The molecule has 0 aromatic carbocycles. The van der Waals surface area contributed by atoms with Crippen molar-refractivity contribution in [2.45, 2.75) is 32.9 Å². The van der Waals surface area contributed by atoms with Gasteiger partial charge in [-0.1, -0.05) is 0 Å². The largest absolute Gasteiger partial charge is 0.383 e. The van der Waals surface area contributed by atoms with Gasteiger partial charge in [-0.3, -0.25) is 19.6 Å². The highest BCUT2D eigenvalue weighted by molar-refractivity contribution is 14.0. The molecule has 0 radical (unpaired) electrons. The number of halogens is 1. The maximum atomic E-state index is 12.0. The van der Waals surface area contributed by atoms with Gasteiger partial charge in [0, 0.05) is 65.0 Å². The molecule has 2 aliphatic rings. The molecule has 2 heterocycles. The van der Waals surface area contributed by atoms with Crippen LogP contribution in [0.5, 0.6) is 0 Å². The number of hydrogen-bond donors (Lipinski definition) is 2. The lowest BCUT2D eigenvalue weighted by molar-refractivity contribution is -0.122. The number of piperazine rings is 1. The minimum absolute atomic E-state index is 0. The number of morpholine rings is 1. The summed E-state index contributed by atoms with van der Waals surface area (Å²) in [5, 5.41) is 6.32. The molecule has 10 heteroatoms. The Bertz CT molecular complexity index is 517. The molecule has 30 heavy (non-hydrogen) atoms. The molecular weight excluding hydrogens is 499 g/mol. The summed E-state index contributed by atoms with van der Waals surface area (Å²) >= 11 is 0. The number of aliphatic imine (C=N–C) groups is 1. The van der Waals surface area contributed by atoms with Gasteiger partial charge in [0.25, 0.3) is 0 Å². The lowest BCUT2D eigenvalue weighted by Crippen LogP contribution is -2.54. The van der Waals surface area contributed by atoms with Crippen LogP contribution >= 0.6 is 24.0 Å². The van der Waals surface area contributed by atoms with Crippen molar-refractivity contribution in [1.82, 2.24) is 25.3 Å². The molecule has 0 aliphatic carbocycles. The maximum absolute atomic E-state index is 12.0. The second-order valence-electron chi connectivity index (χ2n) is 7.81. The normalized spacial score (nSPS) is 22.3. The van der Waals surface area contributed by atoms with Crippen LogP contribution in [0.25, 0.3) is 0 Å². The van der Waals surface area contributed by atoms with Gasteiger partial charge in [-0.2, -0.15) is 0 Å². The van der Waals surface area contributed by atoms with Crippen molar-refractivity contribution < 1.29 is 14.3 Å². The van der Waals surface area contributed by atoms with E-state index in [2.05, 4.69) is 46.1 Å². The van der Waals surface area contributed by atoms with E-state index in [-0.39, 0.29) is 29.9 Å². The van der Waals surface area contributed by atoms with E-state index in [0.717, 1.165) is 65.0 Å². The summed E-state index contributed by atoms with van der Waals surface area (Å²) in [4.78, 5) is 23.9. The fourth-order valence-corrected chi connectivity index (χ4v) is 3.81. The third-order valence-electron chi connectivity index (χ3n) is 5.49. The van der Waals surface area contributed by atoms with Crippen LogP contribution in [0.15, 0.2) is 4.99 Å². The average molecular weight is 540 g/mol. The molecule has 176 valence electrons. The standard InChI is InChI=1S/C20H40N6O3.HI/c1-5-21-20(23-14-17(2)26-11-13-29-16-18(26)3)25-9-7-24(8-10-25)15-19(27)22-6-12-28-4;/h17-18H,5-16H2,1-4H3,(H,21,23)(H,22,27);1H. The number of rotatable bonds is 9. The highest BCUT2D eigenvalue weighted by Crippen LogP contribution is 2.11. The Labute approximate surface area is 198 Å². The summed E-state index contributed by atoms with van der Waals surface area (Å²) in [6.45, 7) is 15.8. The second-order valence-corrected chi connectivity index (χ2v) is 7.81. The van der Waals surface area contributed by atoms with Gasteiger partial charge in [0.1, 0.15) is 0 Å². The van der Waals surface area contributed by atoms with Crippen molar-refractivity contribution in [3.63, 3.8) is 0 Å². The van der Waals surface area contributed by atoms with E-state index in [1.165, 1.54) is 0 Å². The van der Waals surface area contributed by atoms with Crippen molar-refractivity contribution in [1.29, 1.82) is 0 Å². The highest BCUT2D eigenvalue weighted by Gasteiger charge is 2.25. The number of carbonyl (C=O) groups excluding carboxylic acids is 1. The molecule has 0 bridgehead atoms. The van der Waals surface area contributed by atoms with Crippen LogP contribution in [-0.2, 0) is 14.3 Å². The molecule has 2 atom stereocenters. The number of methoxy groups -OCH3 is 1. The van der Waals surface area contributed by atoms with Gasteiger partial charge in [0.15, 0.2) is 5.96 Å². The number of nitrogens with one attached hydrogen (secondary N) is 2. The monoisotopic (exact) mass is 540 g/mol. The molecular formula is C20H41IN6O3. The molecule has 2 N–H and O–H groups in total. The first kappa shape index (κ1) is 27.3. The zero-order valence-corrected chi connectivity index (χ0v) is 21.4. The van der Waals surface area contributed by atoms with Gasteiger partial charge in [0.05, 0.1) is 32.9 Å². The van der Waals surface area contributed by atoms with Crippen molar-refractivity contribution in [3.8, 4) is 0 Å². The highest BCUT2D eigenvalue weighted by atomic mass is 127. The van der Waals surface area contributed by atoms with Crippen LogP contribution in [0.3, 0.4) is 0 Å². The summed E-state index contributed by atoms with van der Waals surface area (Å²) in [6.07, 6.45) is 0. The molecule has 2 fully saturated rings. The van der Waals surface area contributed by atoms with E-state index in [4.69, 9.17) is 14.5 Å². The van der Waals surface area contributed by atoms with Gasteiger partial charge in [-0.15, -0.1) is 24.0 Å². The number of nitrogens with zero attached hydrogens (tertiary/aromatic N) is 4. The predicted molar refractivity (Wildman–Crippen MR) is 131 cm³/mol. The molecule has 9 nitrogen and oxygen atoms in total. The summed E-state index contributed by atoms with van der Waals surface area (Å²) in [7, 11) is 1.64. The fourth-order valence-electron chi connectivity index (χ4n) is 3.81. The van der Waals surface area contributed by atoms with Gasteiger partial charge < -0.3 is 25.0 Å². The molecule has 2 rings (SSSR count). The van der Waals surface area contributed by atoms with Crippen LogP contribution in [0, 0.1) is 0 Å². The fraction of sp³-hybridized carbons (Fsp3) is 0.900. The number of carbonyl (C=O) groups is 1. The molecule has 2 aliphatic heterocycles. The first-order chi connectivity index (χ1) is 14.0. The second kappa shape index (κ2) is 15.2. The Morgan fingerprint density at radius 2 is 1.97 bits per heavy atom. The zero-order chi connectivity index (χ0) is 21.1. The summed E-state index contributed by atoms with van der Waals surface area (Å²) < 4.78 is 10.5. The third-order valence-corrected chi connectivity index (χ3v) is 5.49. The quantitative estimate of drug-likeness (QED) is 0.185. The van der Waals surface area contributed by atoms with E-state index in [1.807, 2.05) is 0 Å². The number of ether oxygens (including phenoxy) is 2. The molecule has 0 aromatic heterocycles. The summed E-state index contributed by atoms with van der Waals surface area (Å²) in [5.74, 6) is 1.04. The first-order valence-electron chi connectivity index (χ1n) is 10.9. The van der Waals surface area contributed by atoms with Crippen LogP contribution < -0.4 is 10.6 Å². The van der Waals surface area contributed by atoms with E-state index < -0.39 is 0 Å². The van der Waals surface area contributed by atoms with Gasteiger partial charge in [0.2, 0.25) is 5.91 Å². The SMILES string of the molecule is CCNC(=NCC(C)N1CCOCC1C)N1CCN(CC(=O)NCCOC)CC1.I. The maximum Gasteiger partial charge on any atom is 0.234 e. The molecule has 2 unspecified atom stereocenters. The summed E-state index contributed by atoms with van der Waals surface area (Å²) in [6, 6.07) is 0.828. The molecule has 2 saturated heterocycles. The number of guanidine groups is 1. The Hall–Kier alpha value is -0.690. The van der Waals surface area contributed by atoms with Crippen molar-refractivity contribution >= 4 is 35.8 Å². The van der Waals surface area contributed by atoms with Gasteiger partial charge >= 0.3 is 0 Å². The van der Waals surface area contributed by atoms with E-state index in [9.17, 15) is 4.79 Å². The molecule has 0 spiro atoms. The summed E-state index contributed by atoms with van der Waals surface area (Å²) in [5.41, 5.74) is 0. The predicted octanol–water partition coefficient (Wildman–Crippen LogP) is 0.0593. The molecule has 1 amide bonds. The van der Waals surface area contributed by atoms with E-state index in [1.54, 1.807) is 7.11 Å². The minimum atomic E-state index is 0. The third kappa shape index (κ3) is 9.21. The number of hydrogen-bond acceptors (Lipinski definition) is 6. The van der Waals surface area contributed by atoms with Crippen molar-refractivity contribution in [2.75, 3.05) is 85.8 Å². The van der Waals surface area contributed by atoms with Crippen LogP contribution in [-0.4, -0.2) is 124 Å². The van der Waals surface area contributed by atoms with E-state index in [0.29, 0.717) is 31.8 Å². The van der Waals surface area contributed by atoms with Crippen LogP contribution in [0.2, 0.25) is 0 Å². The van der Waals surface area contributed by atoms with Crippen molar-refractivity contribution in [3.05, 3.63) is 0 Å². The first-order valence-corrected chi connectivity index (χ1v) is 10.9. The molecule has 0 aromatic rings. The Kier molecular flexibility index (Phi) is 13.8. The van der Waals surface area contributed by atoms with Crippen LogP contribution in [0.1, 0.15) is 20.8 Å². The lowest BCUT2D eigenvalue weighted by atomic mass is 10.2. The van der Waals surface area contributed by atoms with Crippen molar-refractivity contribution in [2.24, 2.45) is 4.99 Å². The van der Waals surface area contributed by atoms with Gasteiger partial charge in [-0.05, 0) is 20.8 Å². The smallest absolute Gasteiger partial charge is 0.234 e. The molecule has 0 saturated carbocycles. The zero-order valence-electron chi connectivity index (χ0n) is 19.1. The number of amides is 1. The topological polar surface area (TPSA) is 81.7 Å². The minimum Gasteiger partial charge on any atom is -0.383 e.